The number of nitrogens with one attached hydrogen (secondary N) is 1. The first-order valence-electron chi connectivity index (χ1n) is 6.52. The number of benzene rings is 1. The van der Waals surface area contributed by atoms with Crippen LogP contribution in [0.1, 0.15) is 37.9 Å². The van der Waals surface area contributed by atoms with E-state index in [0.717, 1.165) is 5.56 Å². The topological polar surface area (TPSA) is 107 Å². The molecule has 1 rings (SSSR count). The van der Waals surface area contributed by atoms with Crippen molar-refractivity contribution in [1.29, 1.82) is 0 Å². The third-order valence-electron chi connectivity index (χ3n) is 2.65. The molecule has 1 unspecified atom stereocenters. The highest BCUT2D eigenvalue weighted by molar-refractivity contribution is 5.86. The molecule has 7 heteroatoms. The van der Waals surface area contributed by atoms with Gasteiger partial charge < -0.3 is 9.84 Å². The number of rotatable bonds is 4. The lowest BCUT2D eigenvalue weighted by molar-refractivity contribution is 0.0636. The minimum absolute atomic E-state index is 0.307. The SMILES string of the molecule is Cc1ccc(C(CO)N=[N+]=[N-])cc1NC(=O)OC(C)(C)C. The molecule has 114 valence electrons. The number of hydrogen-bond donors (Lipinski definition) is 2. The zero-order chi connectivity index (χ0) is 16.0. The van der Waals surface area contributed by atoms with E-state index in [2.05, 4.69) is 15.3 Å². The third-order valence-corrected chi connectivity index (χ3v) is 2.65. The smallest absolute Gasteiger partial charge is 0.412 e. The quantitative estimate of drug-likeness (QED) is 0.502. The molecule has 0 aliphatic carbocycles. The molecule has 0 aliphatic heterocycles. The van der Waals surface area contributed by atoms with Gasteiger partial charge in [-0.15, -0.1) is 0 Å². The van der Waals surface area contributed by atoms with E-state index >= 15 is 0 Å². The fraction of sp³-hybridized carbons (Fsp3) is 0.500. The second kappa shape index (κ2) is 6.97. The van der Waals surface area contributed by atoms with Crippen molar-refractivity contribution in [1.82, 2.24) is 0 Å². The van der Waals surface area contributed by atoms with E-state index in [0.29, 0.717) is 11.3 Å². The number of ether oxygens (including phenoxy) is 1. The first-order chi connectivity index (χ1) is 9.76. The standard InChI is InChI=1S/C14H20N4O3/c1-9-5-6-10(12(8-19)17-18-15)7-11(9)16-13(20)21-14(2,3)4/h5-7,12,19H,8H2,1-4H3,(H,16,20). The minimum atomic E-state index is -0.685. The predicted octanol–water partition coefficient (Wildman–Crippen LogP) is 3.69. The molecule has 0 spiro atoms. The number of aliphatic hydroxyl groups is 1. The molecule has 0 saturated carbocycles. The molecule has 21 heavy (non-hydrogen) atoms. The van der Waals surface area contributed by atoms with Gasteiger partial charge in [0.05, 0.1) is 12.6 Å². The Kier molecular flexibility index (Phi) is 5.58. The van der Waals surface area contributed by atoms with E-state index in [1.165, 1.54) is 0 Å². The maximum atomic E-state index is 11.8. The maximum absolute atomic E-state index is 11.8. The Bertz CT molecular complexity index is 560. The van der Waals surface area contributed by atoms with Crippen LogP contribution in [0.3, 0.4) is 0 Å². The van der Waals surface area contributed by atoms with Crippen LogP contribution in [-0.2, 0) is 4.74 Å². The van der Waals surface area contributed by atoms with Crippen molar-refractivity contribution in [3.05, 3.63) is 39.8 Å². The molecule has 0 bridgehead atoms. The van der Waals surface area contributed by atoms with Crippen LogP contribution in [0.15, 0.2) is 23.3 Å². The van der Waals surface area contributed by atoms with E-state index in [4.69, 9.17) is 10.3 Å². The molecular formula is C14H20N4O3. The number of aliphatic hydroxyl groups excluding tert-OH is 1. The van der Waals surface area contributed by atoms with Gasteiger partial charge >= 0.3 is 6.09 Å². The zero-order valence-electron chi connectivity index (χ0n) is 12.6. The van der Waals surface area contributed by atoms with E-state index in [-0.39, 0.29) is 6.61 Å². The van der Waals surface area contributed by atoms with Gasteiger partial charge in [0.15, 0.2) is 0 Å². The summed E-state index contributed by atoms with van der Waals surface area (Å²) in [6.45, 7) is 6.86. The molecule has 1 amide bonds. The van der Waals surface area contributed by atoms with Gasteiger partial charge in [0.2, 0.25) is 0 Å². The van der Waals surface area contributed by atoms with E-state index in [1.807, 2.05) is 6.92 Å². The second-order valence-corrected chi connectivity index (χ2v) is 5.60. The van der Waals surface area contributed by atoms with Crippen LogP contribution >= 0.6 is 0 Å². The molecule has 0 radical (unpaired) electrons. The summed E-state index contributed by atoms with van der Waals surface area (Å²) < 4.78 is 5.19. The lowest BCUT2D eigenvalue weighted by atomic mass is 10.0. The van der Waals surface area contributed by atoms with Crippen LogP contribution in [0.2, 0.25) is 0 Å². The molecular weight excluding hydrogens is 272 g/mol. The molecule has 0 heterocycles. The Labute approximate surface area is 123 Å². The second-order valence-electron chi connectivity index (χ2n) is 5.60. The normalized spacial score (nSPS) is 12.2. The fourth-order valence-corrected chi connectivity index (χ4v) is 1.67. The number of azide groups is 1. The van der Waals surface area contributed by atoms with Crippen LogP contribution < -0.4 is 5.32 Å². The van der Waals surface area contributed by atoms with Gasteiger partial charge in [0.25, 0.3) is 0 Å². The van der Waals surface area contributed by atoms with Crippen LogP contribution in [0.25, 0.3) is 10.4 Å². The zero-order valence-corrected chi connectivity index (χ0v) is 12.6. The van der Waals surface area contributed by atoms with Crippen LogP contribution in [0, 0.1) is 6.92 Å². The largest absolute Gasteiger partial charge is 0.444 e. The maximum Gasteiger partial charge on any atom is 0.412 e. The Hall–Kier alpha value is -2.24. The molecule has 0 aromatic heterocycles. The first-order valence-corrected chi connectivity index (χ1v) is 6.52. The Balaban J connectivity index is 2.97. The van der Waals surface area contributed by atoms with Crippen LogP contribution in [0.5, 0.6) is 0 Å². The van der Waals surface area contributed by atoms with Crippen molar-refractivity contribution in [2.75, 3.05) is 11.9 Å². The fourth-order valence-electron chi connectivity index (χ4n) is 1.67. The van der Waals surface area contributed by atoms with E-state index < -0.39 is 17.7 Å². The number of aryl methyl sites for hydroxylation is 1. The first kappa shape index (κ1) is 16.8. The number of hydrogen-bond acceptors (Lipinski definition) is 4. The highest BCUT2D eigenvalue weighted by atomic mass is 16.6. The van der Waals surface area contributed by atoms with Gasteiger partial charge in [0.1, 0.15) is 5.60 Å². The van der Waals surface area contributed by atoms with Gasteiger partial charge in [-0.3, -0.25) is 5.32 Å². The Morgan fingerprint density at radius 1 is 1.52 bits per heavy atom. The molecule has 1 atom stereocenters. The van der Waals surface area contributed by atoms with Crippen molar-refractivity contribution in [2.45, 2.75) is 39.3 Å². The molecule has 0 fully saturated rings. The summed E-state index contributed by atoms with van der Waals surface area (Å²) in [6, 6.07) is 4.49. The predicted molar refractivity (Wildman–Crippen MR) is 80.0 cm³/mol. The van der Waals surface area contributed by atoms with Gasteiger partial charge in [0, 0.05) is 10.6 Å². The average molecular weight is 292 g/mol. The Morgan fingerprint density at radius 3 is 2.71 bits per heavy atom. The lowest BCUT2D eigenvalue weighted by Crippen LogP contribution is -2.27. The van der Waals surface area contributed by atoms with Crippen molar-refractivity contribution in [2.24, 2.45) is 5.11 Å². The van der Waals surface area contributed by atoms with Crippen molar-refractivity contribution >= 4 is 11.8 Å². The third kappa shape index (κ3) is 5.33. The number of anilines is 1. The number of carbonyl (C=O) groups excluding carboxylic acids is 1. The van der Waals surface area contributed by atoms with Gasteiger partial charge in [-0.2, -0.15) is 0 Å². The summed E-state index contributed by atoms with van der Waals surface area (Å²) >= 11 is 0. The summed E-state index contributed by atoms with van der Waals surface area (Å²) in [4.78, 5) is 14.5. The van der Waals surface area contributed by atoms with E-state index in [9.17, 15) is 9.90 Å². The summed E-state index contributed by atoms with van der Waals surface area (Å²) in [7, 11) is 0. The Morgan fingerprint density at radius 2 is 2.19 bits per heavy atom. The van der Waals surface area contributed by atoms with Gasteiger partial charge in [-0.05, 0) is 50.4 Å². The summed E-state index contributed by atoms with van der Waals surface area (Å²) in [5, 5.41) is 15.4. The molecule has 2 N–H and O–H groups in total. The van der Waals surface area contributed by atoms with Crippen molar-refractivity contribution in [3.63, 3.8) is 0 Å². The lowest BCUT2D eigenvalue weighted by Gasteiger charge is -2.20. The molecule has 1 aromatic rings. The summed E-state index contributed by atoms with van der Waals surface area (Å²) in [6.07, 6.45) is -0.563. The molecule has 7 nitrogen and oxygen atoms in total. The number of carbonyl (C=O) groups is 1. The number of nitrogens with zero attached hydrogens (tertiary/aromatic N) is 3. The van der Waals surface area contributed by atoms with Crippen molar-refractivity contribution < 1.29 is 14.6 Å². The van der Waals surface area contributed by atoms with Gasteiger partial charge in [-0.25, -0.2) is 4.79 Å². The van der Waals surface area contributed by atoms with Crippen molar-refractivity contribution in [3.8, 4) is 0 Å². The van der Waals surface area contributed by atoms with Crippen LogP contribution in [0.4, 0.5) is 10.5 Å². The molecule has 0 saturated heterocycles. The average Bonchev–Trinajstić information content (AvgIpc) is 2.36. The van der Waals surface area contributed by atoms with Gasteiger partial charge in [-0.1, -0.05) is 17.2 Å². The molecule has 1 aromatic carbocycles. The highest BCUT2D eigenvalue weighted by Crippen LogP contribution is 2.24. The monoisotopic (exact) mass is 292 g/mol. The van der Waals surface area contributed by atoms with E-state index in [1.54, 1.807) is 39.0 Å². The summed E-state index contributed by atoms with van der Waals surface area (Å²) in [5.74, 6) is 0. The minimum Gasteiger partial charge on any atom is -0.444 e. The molecule has 0 aliphatic rings. The summed E-state index contributed by atoms with van der Waals surface area (Å²) in [5.41, 5.74) is 9.90. The highest BCUT2D eigenvalue weighted by Gasteiger charge is 2.17. The van der Waals surface area contributed by atoms with Crippen LogP contribution in [-0.4, -0.2) is 23.4 Å². The number of amides is 1.